The highest BCUT2D eigenvalue weighted by atomic mass is 79.9. The summed E-state index contributed by atoms with van der Waals surface area (Å²) in [6.45, 7) is 0. The average molecular weight is 248 g/mol. The van der Waals surface area contributed by atoms with Gasteiger partial charge in [-0.25, -0.2) is 8.78 Å². The van der Waals surface area contributed by atoms with Crippen molar-refractivity contribution >= 4 is 26.9 Å². The minimum absolute atomic E-state index is 0.317. The topological polar surface area (TPSA) is 26.0 Å². The maximum atomic E-state index is 12.4. The number of aromatic nitrogens is 1. The number of alkyl halides is 2. The van der Waals surface area contributed by atoms with E-state index in [1.807, 2.05) is 0 Å². The molecule has 0 atom stereocenters. The predicted molar refractivity (Wildman–Crippen MR) is 46.7 cm³/mol. The Balaban J connectivity index is 2.79. The van der Waals surface area contributed by atoms with Gasteiger partial charge in [0.15, 0.2) is 11.3 Å². The van der Waals surface area contributed by atoms with Gasteiger partial charge in [-0.3, -0.25) is 0 Å². The Bertz CT molecular complexity index is 441. The maximum absolute atomic E-state index is 12.4. The molecule has 2 rings (SSSR count). The normalized spacial score (nSPS) is 11.4. The van der Waals surface area contributed by atoms with Crippen molar-refractivity contribution in [2.45, 2.75) is 6.43 Å². The van der Waals surface area contributed by atoms with Crippen LogP contribution in [0.3, 0.4) is 0 Å². The fourth-order valence-corrected chi connectivity index (χ4v) is 1.67. The Morgan fingerprint density at radius 3 is 2.85 bits per heavy atom. The average Bonchev–Trinajstić information content (AvgIpc) is 2.49. The largest absolute Gasteiger partial charge is 0.356 e. The summed E-state index contributed by atoms with van der Waals surface area (Å²) in [5.74, 6) is 0. The zero-order valence-corrected chi connectivity index (χ0v) is 7.88. The zero-order chi connectivity index (χ0) is 9.42. The van der Waals surface area contributed by atoms with Crippen LogP contribution in [0.2, 0.25) is 0 Å². The van der Waals surface area contributed by atoms with Gasteiger partial charge in [0.25, 0.3) is 6.43 Å². The molecule has 0 radical (unpaired) electrons. The molecule has 1 aromatic heterocycles. The van der Waals surface area contributed by atoms with E-state index in [4.69, 9.17) is 4.52 Å². The summed E-state index contributed by atoms with van der Waals surface area (Å²) in [6.07, 6.45) is -2.61. The lowest BCUT2D eigenvalue weighted by Crippen LogP contribution is -1.84. The van der Waals surface area contributed by atoms with Crippen LogP contribution in [0.15, 0.2) is 27.2 Å². The minimum Gasteiger partial charge on any atom is -0.356 e. The molecule has 0 fully saturated rings. The summed E-state index contributed by atoms with van der Waals surface area (Å²) in [5, 5.41) is 3.65. The molecular formula is C8H4BrF2NO. The summed E-state index contributed by atoms with van der Waals surface area (Å²) in [5.41, 5.74) is 0.0483. The molecule has 13 heavy (non-hydrogen) atoms. The van der Waals surface area contributed by atoms with E-state index in [0.29, 0.717) is 15.4 Å². The highest BCUT2D eigenvalue weighted by Crippen LogP contribution is 2.32. The first-order valence-corrected chi connectivity index (χ1v) is 4.31. The molecule has 0 aliphatic carbocycles. The fraction of sp³-hybridized carbons (Fsp3) is 0.125. The van der Waals surface area contributed by atoms with Crippen molar-refractivity contribution < 1.29 is 13.3 Å². The van der Waals surface area contributed by atoms with Gasteiger partial charge in [0.1, 0.15) is 0 Å². The van der Waals surface area contributed by atoms with Crippen LogP contribution < -0.4 is 0 Å². The van der Waals surface area contributed by atoms with Crippen LogP contribution in [-0.2, 0) is 0 Å². The first kappa shape index (κ1) is 8.62. The molecule has 5 heteroatoms. The number of hydrogen-bond acceptors (Lipinski definition) is 2. The number of hydrogen-bond donors (Lipinski definition) is 0. The number of nitrogens with zero attached hydrogens (tertiary/aromatic N) is 1. The van der Waals surface area contributed by atoms with Gasteiger partial charge in [-0.1, -0.05) is 11.2 Å². The van der Waals surface area contributed by atoms with E-state index < -0.39 is 6.43 Å². The Hall–Kier alpha value is -0.970. The third-order valence-electron chi connectivity index (χ3n) is 1.68. The van der Waals surface area contributed by atoms with Crippen molar-refractivity contribution in [3.63, 3.8) is 0 Å². The molecule has 0 aliphatic heterocycles. The highest BCUT2D eigenvalue weighted by molar-refractivity contribution is 9.10. The van der Waals surface area contributed by atoms with E-state index in [1.165, 1.54) is 0 Å². The second-order valence-electron chi connectivity index (χ2n) is 2.48. The molecule has 1 heterocycles. The lowest BCUT2D eigenvalue weighted by Gasteiger charge is -1.94. The van der Waals surface area contributed by atoms with Crippen molar-refractivity contribution in [3.8, 4) is 0 Å². The molecule has 0 saturated carbocycles. The first-order valence-electron chi connectivity index (χ1n) is 3.52. The molecule has 0 amide bonds. The Morgan fingerprint density at radius 2 is 2.15 bits per heavy atom. The summed E-state index contributed by atoms with van der Waals surface area (Å²) >= 11 is 3.16. The van der Waals surface area contributed by atoms with E-state index in [9.17, 15) is 8.78 Å². The van der Waals surface area contributed by atoms with Crippen molar-refractivity contribution in [2.24, 2.45) is 0 Å². The van der Waals surface area contributed by atoms with Crippen LogP contribution in [0.25, 0.3) is 11.0 Å². The monoisotopic (exact) mass is 247 g/mol. The molecule has 0 spiro atoms. The van der Waals surface area contributed by atoms with E-state index >= 15 is 0 Å². The van der Waals surface area contributed by atoms with Gasteiger partial charge in [0.05, 0.1) is 5.39 Å². The van der Waals surface area contributed by atoms with Crippen LogP contribution >= 0.6 is 15.9 Å². The second-order valence-corrected chi connectivity index (χ2v) is 3.34. The molecule has 0 N–H and O–H groups in total. The van der Waals surface area contributed by atoms with Gasteiger partial charge in [-0.05, 0) is 28.1 Å². The second kappa shape index (κ2) is 3.06. The summed E-state index contributed by atoms with van der Waals surface area (Å²) < 4.78 is 30.0. The zero-order valence-electron chi connectivity index (χ0n) is 6.30. The van der Waals surface area contributed by atoms with Gasteiger partial charge < -0.3 is 4.52 Å². The highest BCUT2D eigenvalue weighted by Gasteiger charge is 2.18. The van der Waals surface area contributed by atoms with Crippen molar-refractivity contribution in [1.82, 2.24) is 5.16 Å². The summed E-state index contributed by atoms with van der Waals surface area (Å²) in [6, 6.07) is 4.97. The van der Waals surface area contributed by atoms with Crippen molar-refractivity contribution in [3.05, 3.63) is 28.4 Å². The van der Waals surface area contributed by atoms with Crippen molar-refractivity contribution in [1.29, 1.82) is 0 Å². The SMILES string of the molecule is FC(F)c1noc2cccc(Br)c12. The molecule has 2 aromatic rings. The molecule has 1 aromatic carbocycles. The molecule has 0 bridgehead atoms. The van der Waals surface area contributed by atoms with Crippen LogP contribution in [0.4, 0.5) is 8.78 Å². The van der Waals surface area contributed by atoms with Gasteiger partial charge in [-0.2, -0.15) is 0 Å². The Labute approximate surface area is 80.6 Å². The molecule has 0 saturated heterocycles. The lowest BCUT2D eigenvalue weighted by atomic mass is 10.2. The smallest absolute Gasteiger partial charge is 0.284 e. The van der Waals surface area contributed by atoms with Gasteiger partial charge >= 0.3 is 0 Å². The van der Waals surface area contributed by atoms with Crippen LogP contribution in [0.5, 0.6) is 0 Å². The molecule has 0 aliphatic rings. The Kier molecular flexibility index (Phi) is 2.03. The van der Waals surface area contributed by atoms with Crippen molar-refractivity contribution in [2.75, 3.05) is 0 Å². The third-order valence-corrected chi connectivity index (χ3v) is 2.34. The standard InChI is InChI=1S/C8H4BrF2NO/c9-4-2-1-3-5-6(4)7(8(10)11)12-13-5/h1-3,8H. The number of rotatable bonds is 1. The Morgan fingerprint density at radius 1 is 1.38 bits per heavy atom. The van der Waals surface area contributed by atoms with Crippen LogP contribution in [-0.4, -0.2) is 5.16 Å². The quantitative estimate of drug-likeness (QED) is 0.771. The van der Waals surface area contributed by atoms with Gasteiger partial charge in [0.2, 0.25) is 0 Å². The van der Waals surface area contributed by atoms with E-state index in [2.05, 4.69) is 21.1 Å². The number of benzene rings is 1. The third kappa shape index (κ3) is 1.33. The molecule has 68 valence electrons. The molecular weight excluding hydrogens is 244 g/mol. The number of halogens is 3. The lowest BCUT2D eigenvalue weighted by molar-refractivity contribution is 0.142. The first-order chi connectivity index (χ1) is 6.20. The summed E-state index contributed by atoms with van der Waals surface area (Å²) in [4.78, 5) is 0. The fourth-order valence-electron chi connectivity index (χ4n) is 1.12. The minimum atomic E-state index is -2.61. The predicted octanol–water partition coefficient (Wildman–Crippen LogP) is 3.53. The number of fused-ring (bicyclic) bond motifs is 1. The molecule has 0 unspecified atom stereocenters. The van der Waals surface area contributed by atoms with Crippen LogP contribution in [0.1, 0.15) is 12.1 Å². The summed E-state index contributed by atoms with van der Waals surface area (Å²) in [7, 11) is 0. The van der Waals surface area contributed by atoms with Gasteiger partial charge in [0, 0.05) is 4.47 Å². The van der Waals surface area contributed by atoms with Crippen LogP contribution in [0, 0.1) is 0 Å². The molecule has 2 nitrogen and oxygen atoms in total. The van der Waals surface area contributed by atoms with E-state index in [0.717, 1.165) is 0 Å². The maximum Gasteiger partial charge on any atom is 0.284 e. The van der Waals surface area contributed by atoms with E-state index in [1.54, 1.807) is 18.2 Å². The van der Waals surface area contributed by atoms with E-state index in [-0.39, 0.29) is 5.69 Å². The van der Waals surface area contributed by atoms with Gasteiger partial charge in [-0.15, -0.1) is 0 Å².